The summed E-state index contributed by atoms with van der Waals surface area (Å²) in [6, 6.07) is 27.5. The molecule has 5 rings (SSSR count). The van der Waals surface area contributed by atoms with Crippen molar-refractivity contribution in [2.45, 2.75) is 19.4 Å². The van der Waals surface area contributed by atoms with Gasteiger partial charge in [-0.1, -0.05) is 60.1 Å². The summed E-state index contributed by atoms with van der Waals surface area (Å²) in [7, 11) is 0. The number of benzene rings is 4. The highest BCUT2D eigenvalue weighted by Crippen LogP contribution is 2.50. The fourth-order valence-electron chi connectivity index (χ4n) is 4.48. The van der Waals surface area contributed by atoms with E-state index in [1.807, 2.05) is 86.6 Å². The van der Waals surface area contributed by atoms with Crippen LogP contribution in [0.1, 0.15) is 25.0 Å². The van der Waals surface area contributed by atoms with Crippen LogP contribution >= 0.6 is 11.6 Å². The van der Waals surface area contributed by atoms with Gasteiger partial charge < -0.3 is 4.74 Å². The van der Waals surface area contributed by atoms with Crippen molar-refractivity contribution >= 4 is 17.3 Å². The molecule has 1 aliphatic rings. The first kappa shape index (κ1) is 20.8. The largest absolute Gasteiger partial charge is 0.482 e. The Morgan fingerprint density at radius 3 is 2.36 bits per heavy atom. The first-order chi connectivity index (χ1) is 15.9. The molecule has 1 heterocycles. The lowest BCUT2D eigenvalue weighted by atomic mass is 9.81. The van der Waals surface area contributed by atoms with E-state index in [2.05, 4.69) is 17.0 Å². The smallest absolute Gasteiger partial charge is 0.187 e. The maximum atomic E-state index is 9.44. The Balaban J connectivity index is 1.78. The zero-order chi connectivity index (χ0) is 23.2. The van der Waals surface area contributed by atoms with Gasteiger partial charge in [0.2, 0.25) is 0 Å². The molecule has 4 heteroatoms. The Kier molecular flexibility index (Phi) is 4.94. The lowest BCUT2D eigenvalue weighted by Crippen LogP contribution is -2.29. The van der Waals surface area contributed by atoms with E-state index in [9.17, 15) is 5.26 Å². The van der Waals surface area contributed by atoms with Gasteiger partial charge in [-0.15, -0.1) is 0 Å². The number of hydrogen-bond acceptors (Lipinski definition) is 2. The number of fused-ring (bicyclic) bond motifs is 3. The van der Waals surface area contributed by atoms with Crippen LogP contribution < -0.4 is 4.74 Å². The summed E-state index contributed by atoms with van der Waals surface area (Å²) in [4.78, 5) is 3.50. The predicted molar refractivity (Wildman–Crippen MR) is 132 cm³/mol. The highest BCUT2D eigenvalue weighted by Gasteiger charge is 2.34. The molecule has 0 aliphatic carbocycles. The minimum Gasteiger partial charge on any atom is -0.482 e. The van der Waals surface area contributed by atoms with Gasteiger partial charge in [-0.05, 0) is 72.0 Å². The van der Waals surface area contributed by atoms with Crippen LogP contribution in [0, 0.1) is 17.9 Å². The molecule has 0 N–H and O–H groups in total. The molecule has 0 saturated carbocycles. The van der Waals surface area contributed by atoms with Crippen LogP contribution in [0.2, 0.25) is 5.02 Å². The summed E-state index contributed by atoms with van der Waals surface area (Å²) in [5.41, 5.74) is 7.65. The van der Waals surface area contributed by atoms with Gasteiger partial charge in [-0.3, -0.25) is 0 Å². The standard InChI is InChI=1S/C29H19ClN2O/c1-29(2)26-15-18(17-31)7-13-24(26)28-23(5-4-6-27(28)33-29)25-16-20(30)10-14-22(25)19-8-11-21(32-3)12-9-19/h4-16H,1-2H3. The highest BCUT2D eigenvalue weighted by atomic mass is 35.5. The first-order valence-corrected chi connectivity index (χ1v) is 10.9. The quantitative estimate of drug-likeness (QED) is 0.290. The third kappa shape index (κ3) is 3.54. The second-order valence-electron chi connectivity index (χ2n) is 8.51. The Bertz CT molecular complexity index is 1490. The molecule has 33 heavy (non-hydrogen) atoms. The van der Waals surface area contributed by atoms with E-state index in [0.717, 1.165) is 44.7 Å². The van der Waals surface area contributed by atoms with Gasteiger partial charge >= 0.3 is 0 Å². The number of nitrogens with zero attached hydrogens (tertiary/aromatic N) is 2. The Morgan fingerprint density at radius 2 is 1.64 bits per heavy atom. The number of halogens is 1. The van der Waals surface area contributed by atoms with Crippen molar-refractivity contribution in [2.75, 3.05) is 0 Å². The third-order valence-corrected chi connectivity index (χ3v) is 6.27. The molecule has 4 aromatic carbocycles. The maximum Gasteiger partial charge on any atom is 0.187 e. The predicted octanol–water partition coefficient (Wildman–Crippen LogP) is 8.39. The Labute approximate surface area is 198 Å². The van der Waals surface area contributed by atoms with Crippen molar-refractivity contribution in [1.29, 1.82) is 5.26 Å². The molecule has 0 saturated heterocycles. The van der Waals surface area contributed by atoms with Gasteiger partial charge in [-0.25, -0.2) is 4.85 Å². The van der Waals surface area contributed by atoms with E-state index < -0.39 is 5.60 Å². The van der Waals surface area contributed by atoms with Crippen molar-refractivity contribution in [2.24, 2.45) is 0 Å². The lowest BCUT2D eigenvalue weighted by molar-refractivity contribution is 0.106. The van der Waals surface area contributed by atoms with Crippen LogP contribution in [0.3, 0.4) is 0 Å². The molecule has 0 unspecified atom stereocenters. The van der Waals surface area contributed by atoms with Crippen molar-refractivity contribution in [3.63, 3.8) is 0 Å². The minimum atomic E-state index is -0.569. The van der Waals surface area contributed by atoms with E-state index in [4.69, 9.17) is 22.9 Å². The molecule has 4 aromatic rings. The second-order valence-corrected chi connectivity index (χ2v) is 8.95. The number of ether oxygens (including phenoxy) is 1. The maximum absolute atomic E-state index is 9.44. The van der Waals surface area contributed by atoms with Crippen molar-refractivity contribution in [1.82, 2.24) is 0 Å². The van der Waals surface area contributed by atoms with Gasteiger partial charge in [0, 0.05) is 16.1 Å². The van der Waals surface area contributed by atoms with Crippen LogP contribution in [0.4, 0.5) is 5.69 Å². The molecule has 158 valence electrons. The molecular formula is C29H19ClN2O. The van der Waals surface area contributed by atoms with Crippen LogP contribution in [-0.2, 0) is 5.60 Å². The lowest BCUT2D eigenvalue weighted by Gasteiger charge is -2.36. The topological polar surface area (TPSA) is 37.4 Å². The van der Waals surface area contributed by atoms with E-state index in [1.165, 1.54) is 0 Å². The number of rotatable bonds is 2. The monoisotopic (exact) mass is 446 g/mol. The molecule has 0 radical (unpaired) electrons. The summed E-state index contributed by atoms with van der Waals surface area (Å²) in [6.45, 7) is 11.3. The van der Waals surface area contributed by atoms with Crippen molar-refractivity contribution in [3.8, 4) is 45.2 Å². The zero-order valence-electron chi connectivity index (χ0n) is 18.2. The summed E-state index contributed by atoms with van der Waals surface area (Å²) < 4.78 is 6.44. The fourth-order valence-corrected chi connectivity index (χ4v) is 4.66. The van der Waals surface area contributed by atoms with E-state index in [-0.39, 0.29) is 0 Å². The molecule has 0 amide bonds. The molecule has 0 atom stereocenters. The summed E-state index contributed by atoms with van der Waals surface area (Å²) in [6.07, 6.45) is 0. The average Bonchev–Trinajstić information content (AvgIpc) is 2.83. The highest BCUT2D eigenvalue weighted by molar-refractivity contribution is 6.31. The average molecular weight is 447 g/mol. The summed E-state index contributed by atoms with van der Waals surface area (Å²) in [5, 5.41) is 10.1. The molecule has 0 bridgehead atoms. The van der Waals surface area contributed by atoms with Gasteiger partial charge in [0.15, 0.2) is 5.69 Å². The van der Waals surface area contributed by atoms with Gasteiger partial charge in [0.05, 0.1) is 18.2 Å². The van der Waals surface area contributed by atoms with E-state index >= 15 is 0 Å². The van der Waals surface area contributed by atoms with Gasteiger partial charge in [-0.2, -0.15) is 5.26 Å². The summed E-state index contributed by atoms with van der Waals surface area (Å²) >= 11 is 6.46. The first-order valence-electron chi connectivity index (χ1n) is 10.6. The van der Waals surface area contributed by atoms with Crippen LogP contribution in [-0.4, -0.2) is 0 Å². The van der Waals surface area contributed by atoms with Gasteiger partial charge in [0.25, 0.3) is 0 Å². The van der Waals surface area contributed by atoms with Crippen molar-refractivity contribution < 1.29 is 4.74 Å². The van der Waals surface area contributed by atoms with Crippen LogP contribution in [0.25, 0.3) is 38.2 Å². The normalized spacial score (nSPS) is 13.1. The van der Waals surface area contributed by atoms with Crippen molar-refractivity contribution in [3.05, 3.63) is 106 Å². The third-order valence-electron chi connectivity index (χ3n) is 6.04. The number of nitriles is 1. The molecule has 3 nitrogen and oxygen atoms in total. The SMILES string of the molecule is [C-]#[N+]c1ccc(-c2ccc(Cl)cc2-c2cccc3c2-c2ccc(C#N)cc2C(C)(C)O3)cc1. The fraction of sp³-hybridized carbons (Fsp3) is 0.103. The number of hydrogen-bond donors (Lipinski definition) is 0. The van der Waals surface area contributed by atoms with Crippen LogP contribution in [0.15, 0.2) is 78.9 Å². The van der Waals surface area contributed by atoms with E-state index in [0.29, 0.717) is 16.3 Å². The Morgan fingerprint density at radius 1 is 0.879 bits per heavy atom. The zero-order valence-corrected chi connectivity index (χ0v) is 18.9. The minimum absolute atomic E-state index is 0.569. The van der Waals surface area contributed by atoms with E-state index in [1.54, 1.807) is 0 Å². The molecule has 0 fully saturated rings. The molecular weight excluding hydrogens is 428 g/mol. The second kappa shape index (κ2) is 7.82. The Hall–Kier alpha value is -4.05. The molecule has 0 spiro atoms. The van der Waals surface area contributed by atoms with Gasteiger partial charge in [0.1, 0.15) is 11.4 Å². The molecule has 1 aliphatic heterocycles. The summed E-state index contributed by atoms with van der Waals surface area (Å²) in [5.74, 6) is 0.795. The van der Waals surface area contributed by atoms with Crippen LogP contribution in [0.5, 0.6) is 5.75 Å². The molecule has 0 aromatic heterocycles.